The van der Waals surface area contributed by atoms with Crippen molar-refractivity contribution in [3.05, 3.63) is 84.8 Å². The van der Waals surface area contributed by atoms with Gasteiger partial charge in [-0.2, -0.15) is 0 Å². The summed E-state index contributed by atoms with van der Waals surface area (Å²) in [5.41, 5.74) is 12.0. The van der Waals surface area contributed by atoms with Crippen LogP contribution in [0.5, 0.6) is 0 Å². The topological polar surface area (TPSA) is 98.6 Å². The molecular formula is C26H23FN8. The van der Waals surface area contributed by atoms with Crippen molar-refractivity contribution in [2.24, 2.45) is 0 Å². The third-order valence-corrected chi connectivity index (χ3v) is 6.44. The predicted molar refractivity (Wildman–Crippen MR) is 132 cm³/mol. The minimum atomic E-state index is -0.287. The summed E-state index contributed by atoms with van der Waals surface area (Å²) in [7, 11) is 0. The summed E-state index contributed by atoms with van der Waals surface area (Å²) in [5, 5.41) is 0. The first-order valence-electron chi connectivity index (χ1n) is 11.5. The second-order valence-electron chi connectivity index (χ2n) is 8.67. The number of nitrogen functional groups attached to an aromatic ring is 1. The molecule has 1 fully saturated rings. The third-order valence-electron chi connectivity index (χ3n) is 6.44. The zero-order valence-electron chi connectivity index (χ0n) is 18.9. The van der Waals surface area contributed by atoms with Crippen LogP contribution >= 0.6 is 0 Å². The molecule has 35 heavy (non-hydrogen) atoms. The Bertz CT molecular complexity index is 1490. The molecule has 4 aromatic heterocycles. The van der Waals surface area contributed by atoms with Crippen LogP contribution in [-0.2, 0) is 6.54 Å². The monoisotopic (exact) mass is 466 g/mol. The first kappa shape index (κ1) is 21.3. The standard InChI is InChI=1S/C26H23FN8/c27-19-5-3-17(4-6-19)24-25(22-8-12-31-26(28)33-22)35(16-32-24)20-9-13-34(15-20)14-18-7-11-29-21-2-1-10-30-23(18)21/h1-8,10-12,16,20H,9,13-15H2,(H2,28,31,33). The van der Waals surface area contributed by atoms with Crippen LogP contribution in [0.15, 0.2) is 73.4 Å². The number of halogens is 1. The zero-order valence-corrected chi connectivity index (χ0v) is 18.9. The minimum Gasteiger partial charge on any atom is -0.368 e. The Morgan fingerprint density at radius 2 is 1.80 bits per heavy atom. The zero-order chi connectivity index (χ0) is 23.8. The molecule has 8 nitrogen and oxygen atoms in total. The van der Waals surface area contributed by atoms with Gasteiger partial charge in [0.25, 0.3) is 0 Å². The Labute approximate surface area is 201 Å². The van der Waals surface area contributed by atoms with Crippen molar-refractivity contribution in [1.82, 2.24) is 34.4 Å². The van der Waals surface area contributed by atoms with Gasteiger partial charge in [0.05, 0.1) is 34.4 Å². The number of nitrogens with zero attached hydrogens (tertiary/aromatic N) is 7. The number of hydrogen-bond donors (Lipinski definition) is 1. The van der Waals surface area contributed by atoms with E-state index < -0.39 is 0 Å². The van der Waals surface area contributed by atoms with E-state index >= 15 is 0 Å². The number of hydrogen-bond acceptors (Lipinski definition) is 7. The molecule has 0 aliphatic carbocycles. The summed E-state index contributed by atoms with van der Waals surface area (Å²) >= 11 is 0. The van der Waals surface area contributed by atoms with Crippen molar-refractivity contribution >= 4 is 17.0 Å². The van der Waals surface area contributed by atoms with E-state index in [1.165, 1.54) is 12.1 Å². The van der Waals surface area contributed by atoms with Gasteiger partial charge in [-0.25, -0.2) is 19.3 Å². The number of fused-ring (bicyclic) bond motifs is 1. The van der Waals surface area contributed by atoms with E-state index in [9.17, 15) is 4.39 Å². The molecule has 5 heterocycles. The lowest BCUT2D eigenvalue weighted by Gasteiger charge is -2.19. The van der Waals surface area contributed by atoms with Crippen molar-refractivity contribution in [2.75, 3.05) is 18.8 Å². The fourth-order valence-corrected chi connectivity index (χ4v) is 4.80. The number of pyridine rings is 2. The van der Waals surface area contributed by atoms with E-state index in [-0.39, 0.29) is 17.8 Å². The van der Waals surface area contributed by atoms with Crippen LogP contribution < -0.4 is 5.73 Å². The molecule has 0 radical (unpaired) electrons. The Hall–Kier alpha value is -4.24. The highest BCUT2D eigenvalue weighted by Gasteiger charge is 2.28. The Kier molecular flexibility index (Phi) is 5.38. The third kappa shape index (κ3) is 4.10. The summed E-state index contributed by atoms with van der Waals surface area (Å²) in [6, 6.07) is 14.3. The van der Waals surface area contributed by atoms with E-state index in [2.05, 4.69) is 29.4 Å². The van der Waals surface area contributed by atoms with Gasteiger partial charge in [-0.15, -0.1) is 0 Å². The normalized spacial score (nSPS) is 16.2. The van der Waals surface area contributed by atoms with E-state index in [1.807, 2.05) is 43.0 Å². The van der Waals surface area contributed by atoms with Crippen LogP contribution in [0.1, 0.15) is 18.0 Å². The van der Waals surface area contributed by atoms with Crippen LogP contribution in [0, 0.1) is 5.82 Å². The fourth-order valence-electron chi connectivity index (χ4n) is 4.80. The van der Waals surface area contributed by atoms with E-state index in [4.69, 9.17) is 10.7 Å². The van der Waals surface area contributed by atoms with Crippen LogP contribution in [0.4, 0.5) is 10.3 Å². The molecule has 1 unspecified atom stereocenters. The molecule has 1 atom stereocenters. The highest BCUT2D eigenvalue weighted by molar-refractivity contribution is 5.78. The smallest absolute Gasteiger partial charge is 0.220 e. The summed E-state index contributed by atoms with van der Waals surface area (Å²) in [4.78, 5) is 24.6. The number of rotatable bonds is 5. The number of imidazole rings is 1. The molecule has 5 aromatic rings. The quantitative estimate of drug-likeness (QED) is 0.416. The molecule has 6 rings (SSSR count). The number of aromatic nitrogens is 6. The van der Waals surface area contributed by atoms with E-state index in [0.717, 1.165) is 59.6 Å². The molecule has 2 N–H and O–H groups in total. The maximum Gasteiger partial charge on any atom is 0.220 e. The number of anilines is 1. The molecule has 0 amide bonds. The molecule has 1 aliphatic rings. The van der Waals surface area contributed by atoms with Crippen LogP contribution in [0.3, 0.4) is 0 Å². The summed E-state index contributed by atoms with van der Waals surface area (Å²) in [6.07, 6.45) is 8.11. The lowest BCUT2D eigenvalue weighted by atomic mass is 10.1. The SMILES string of the molecule is Nc1nccc(-c2c(-c3ccc(F)cc3)ncn2C2CCN(Cc3ccnc4cccnc34)C2)n1. The molecule has 174 valence electrons. The van der Waals surface area contributed by atoms with Gasteiger partial charge in [0.1, 0.15) is 5.82 Å². The summed E-state index contributed by atoms with van der Waals surface area (Å²) < 4.78 is 15.7. The van der Waals surface area contributed by atoms with Gasteiger partial charge < -0.3 is 10.3 Å². The van der Waals surface area contributed by atoms with Gasteiger partial charge in [0.2, 0.25) is 5.95 Å². The Morgan fingerprint density at radius 3 is 2.66 bits per heavy atom. The maximum atomic E-state index is 13.6. The van der Waals surface area contributed by atoms with Crippen LogP contribution in [-0.4, -0.2) is 47.5 Å². The summed E-state index contributed by atoms with van der Waals surface area (Å²) in [5.74, 6) is -0.0870. The molecule has 1 aliphatic heterocycles. The van der Waals surface area contributed by atoms with E-state index in [0.29, 0.717) is 5.69 Å². The molecular weight excluding hydrogens is 443 g/mol. The van der Waals surface area contributed by atoms with Crippen LogP contribution in [0.2, 0.25) is 0 Å². The Balaban J connectivity index is 1.33. The van der Waals surface area contributed by atoms with Gasteiger partial charge in [-0.1, -0.05) is 0 Å². The number of likely N-dealkylation sites (tertiary alicyclic amines) is 1. The van der Waals surface area contributed by atoms with E-state index in [1.54, 1.807) is 18.3 Å². The largest absolute Gasteiger partial charge is 0.368 e. The predicted octanol–water partition coefficient (Wildman–Crippen LogP) is 4.12. The molecule has 1 aromatic carbocycles. The van der Waals surface area contributed by atoms with Crippen molar-refractivity contribution in [1.29, 1.82) is 0 Å². The molecule has 0 spiro atoms. The summed E-state index contributed by atoms with van der Waals surface area (Å²) in [6.45, 7) is 2.59. The minimum absolute atomic E-state index is 0.198. The van der Waals surface area contributed by atoms with Crippen molar-refractivity contribution in [3.8, 4) is 22.6 Å². The van der Waals surface area contributed by atoms with Crippen molar-refractivity contribution in [2.45, 2.75) is 19.0 Å². The lowest BCUT2D eigenvalue weighted by molar-refractivity contribution is 0.317. The number of benzene rings is 1. The lowest BCUT2D eigenvalue weighted by Crippen LogP contribution is -2.21. The molecule has 0 bridgehead atoms. The van der Waals surface area contributed by atoms with Gasteiger partial charge in [0, 0.05) is 49.8 Å². The molecule has 9 heteroatoms. The molecule has 1 saturated heterocycles. The average Bonchev–Trinajstić information content (AvgIpc) is 3.52. The Morgan fingerprint density at radius 1 is 0.943 bits per heavy atom. The van der Waals surface area contributed by atoms with Crippen molar-refractivity contribution in [3.63, 3.8) is 0 Å². The highest BCUT2D eigenvalue weighted by Crippen LogP contribution is 2.35. The highest BCUT2D eigenvalue weighted by atomic mass is 19.1. The maximum absolute atomic E-state index is 13.6. The first-order valence-corrected chi connectivity index (χ1v) is 11.5. The average molecular weight is 467 g/mol. The number of nitrogens with two attached hydrogens (primary N) is 1. The second kappa shape index (κ2) is 8.84. The van der Waals surface area contributed by atoms with Crippen molar-refractivity contribution < 1.29 is 4.39 Å². The fraction of sp³-hybridized carbons (Fsp3) is 0.192. The second-order valence-corrected chi connectivity index (χ2v) is 8.67. The van der Waals surface area contributed by atoms with Gasteiger partial charge >= 0.3 is 0 Å². The van der Waals surface area contributed by atoms with Crippen LogP contribution in [0.25, 0.3) is 33.7 Å². The van der Waals surface area contributed by atoms with Gasteiger partial charge in [-0.05, 0) is 60.5 Å². The van der Waals surface area contributed by atoms with Gasteiger partial charge in [0.15, 0.2) is 0 Å². The molecule has 0 saturated carbocycles. The first-order chi connectivity index (χ1) is 17.2. The van der Waals surface area contributed by atoms with Gasteiger partial charge in [-0.3, -0.25) is 14.9 Å².